The topological polar surface area (TPSA) is 51.2 Å². The third-order valence-corrected chi connectivity index (χ3v) is 2.34. The molecule has 0 unspecified atom stereocenters. The lowest BCUT2D eigenvalue weighted by Crippen LogP contribution is -2.31. The highest BCUT2D eigenvalue weighted by molar-refractivity contribution is 5.89. The highest BCUT2D eigenvalue weighted by atomic mass is 16.5. The van der Waals surface area contributed by atoms with Gasteiger partial charge in [-0.1, -0.05) is 6.07 Å². The van der Waals surface area contributed by atoms with E-state index in [0.29, 0.717) is 31.4 Å². The molecule has 0 radical (unpaired) electrons. The Hall–Kier alpha value is -1.42. The van der Waals surface area contributed by atoms with Crippen molar-refractivity contribution in [2.24, 2.45) is 5.92 Å². The molecule has 0 aromatic carbocycles. The molecular formula is C11H14N2O2. The third-order valence-electron chi connectivity index (χ3n) is 2.34. The Morgan fingerprint density at radius 3 is 3.00 bits per heavy atom. The fourth-order valence-electron chi connectivity index (χ4n) is 1.47. The van der Waals surface area contributed by atoms with Crippen LogP contribution in [0.4, 0.5) is 5.82 Å². The van der Waals surface area contributed by atoms with Gasteiger partial charge in [-0.05, 0) is 19.1 Å². The molecule has 1 fully saturated rings. The average molecular weight is 206 g/mol. The number of carbonyl (C=O) groups excluding carboxylic acids is 1. The number of nitrogens with zero attached hydrogens (tertiary/aromatic N) is 1. The van der Waals surface area contributed by atoms with E-state index in [0.717, 1.165) is 5.69 Å². The van der Waals surface area contributed by atoms with Crippen molar-refractivity contribution in [3.05, 3.63) is 23.9 Å². The first-order chi connectivity index (χ1) is 7.24. The van der Waals surface area contributed by atoms with Crippen LogP contribution >= 0.6 is 0 Å². The molecule has 1 aliphatic heterocycles. The normalized spacial score (nSPS) is 15.8. The lowest BCUT2D eigenvalue weighted by atomic mass is 10.0. The lowest BCUT2D eigenvalue weighted by Gasteiger charge is -2.24. The minimum absolute atomic E-state index is 0.0152. The number of rotatable bonds is 3. The second-order valence-electron chi connectivity index (χ2n) is 3.82. The van der Waals surface area contributed by atoms with Crippen molar-refractivity contribution in [3.8, 4) is 0 Å². The van der Waals surface area contributed by atoms with Gasteiger partial charge in [0.2, 0.25) is 5.91 Å². The standard InChI is InChI=1S/C11H14N2O2/c1-8-3-2-4-10(12-8)13-11(14)5-9-6-15-7-9/h2-4,9H,5-7H2,1H3,(H,12,13,14). The number of nitrogens with one attached hydrogen (secondary N) is 1. The number of hydrogen-bond donors (Lipinski definition) is 1. The SMILES string of the molecule is Cc1cccc(NC(=O)CC2COC2)n1. The molecule has 1 amide bonds. The van der Waals surface area contributed by atoms with Crippen molar-refractivity contribution in [2.45, 2.75) is 13.3 Å². The second kappa shape index (κ2) is 4.40. The molecule has 1 N–H and O–H groups in total. The molecule has 0 atom stereocenters. The fraction of sp³-hybridized carbons (Fsp3) is 0.455. The smallest absolute Gasteiger partial charge is 0.225 e. The Bertz CT molecular complexity index is 361. The number of carbonyl (C=O) groups is 1. The van der Waals surface area contributed by atoms with E-state index < -0.39 is 0 Å². The highest BCUT2D eigenvalue weighted by Gasteiger charge is 2.21. The van der Waals surface area contributed by atoms with E-state index in [1.165, 1.54) is 0 Å². The van der Waals surface area contributed by atoms with E-state index in [4.69, 9.17) is 4.74 Å². The summed E-state index contributed by atoms with van der Waals surface area (Å²) >= 11 is 0. The highest BCUT2D eigenvalue weighted by Crippen LogP contribution is 2.15. The summed E-state index contributed by atoms with van der Waals surface area (Å²) < 4.78 is 5.01. The molecule has 15 heavy (non-hydrogen) atoms. The predicted octanol–water partition coefficient (Wildman–Crippen LogP) is 1.37. The van der Waals surface area contributed by atoms with Crippen LogP contribution in [0, 0.1) is 12.8 Å². The number of anilines is 1. The van der Waals surface area contributed by atoms with E-state index >= 15 is 0 Å². The second-order valence-corrected chi connectivity index (χ2v) is 3.82. The van der Waals surface area contributed by atoms with Gasteiger partial charge in [0, 0.05) is 18.0 Å². The van der Waals surface area contributed by atoms with Gasteiger partial charge in [0.25, 0.3) is 0 Å². The largest absolute Gasteiger partial charge is 0.381 e. The van der Waals surface area contributed by atoms with Gasteiger partial charge in [0.05, 0.1) is 13.2 Å². The Morgan fingerprint density at radius 1 is 1.60 bits per heavy atom. The van der Waals surface area contributed by atoms with Gasteiger partial charge >= 0.3 is 0 Å². The monoisotopic (exact) mass is 206 g/mol. The first-order valence-electron chi connectivity index (χ1n) is 5.05. The molecule has 1 aromatic heterocycles. The van der Waals surface area contributed by atoms with Crippen LogP contribution in [-0.4, -0.2) is 24.1 Å². The van der Waals surface area contributed by atoms with Gasteiger partial charge in [-0.15, -0.1) is 0 Å². The predicted molar refractivity (Wildman–Crippen MR) is 56.5 cm³/mol. The lowest BCUT2D eigenvalue weighted by molar-refractivity contribution is -0.121. The molecule has 4 heteroatoms. The van der Waals surface area contributed by atoms with Gasteiger partial charge in [-0.2, -0.15) is 0 Å². The van der Waals surface area contributed by atoms with Crippen LogP contribution in [0.25, 0.3) is 0 Å². The minimum Gasteiger partial charge on any atom is -0.381 e. The molecule has 80 valence electrons. The summed E-state index contributed by atoms with van der Waals surface area (Å²) in [5.41, 5.74) is 0.903. The van der Waals surface area contributed by atoms with Gasteiger partial charge in [-0.3, -0.25) is 4.79 Å². The maximum atomic E-state index is 11.5. The zero-order valence-electron chi connectivity index (χ0n) is 8.69. The molecule has 2 rings (SSSR count). The minimum atomic E-state index is 0.0152. The van der Waals surface area contributed by atoms with Crippen molar-refractivity contribution in [3.63, 3.8) is 0 Å². The van der Waals surface area contributed by atoms with Crippen molar-refractivity contribution in [2.75, 3.05) is 18.5 Å². The molecule has 2 heterocycles. The summed E-state index contributed by atoms with van der Waals surface area (Å²) in [4.78, 5) is 15.7. The number of hydrogen-bond acceptors (Lipinski definition) is 3. The van der Waals surface area contributed by atoms with Crippen molar-refractivity contribution < 1.29 is 9.53 Å². The quantitative estimate of drug-likeness (QED) is 0.812. The first-order valence-corrected chi connectivity index (χ1v) is 5.05. The maximum Gasteiger partial charge on any atom is 0.225 e. The van der Waals surface area contributed by atoms with Crippen LogP contribution in [0.3, 0.4) is 0 Å². The molecular weight excluding hydrogens is 192 g/mol. The van der Waals surface area contributed by atoms with Crippen LogP contribution in [-0.2, 0) is 9.53 Å². The van der Waals surface area contributed by atoms with Gasteiger partial charge < -0.3 is 10.1 Å². The van der Waals surface area contributed by atoms with Gasteiger partial charge in [0.1, 0.15) is 5.82 Å². The third kappa shape index (κ3) is 2.76. The van der Waals surface area contributed by atoms with Gasteiger partial charge in [0.15, 0.2) is 0 Å². The summed E-state index contributed by atoms with van der Waals surface area (Å²) in [6.07, 6.45) is 0.523. The molecule has 1 saturated heterocycles. The molecule has 1 aromatic rings. The zero-order valence-corrected chi connectivity index (χ0v) is 8.69. The van der Waals surface area contributed by atoms with E-state index in [1.54, 1.807) is 6.07 Å². The van der Waals surface area contributed by atoms with Crippen LogP contribution in [0.5, 0.6) is 0 Å². The molecule has 1 aliphatic rings. The Kier molecular flexibility index (Phi) is 2.97. The maximum absolute atomic E-state index is 11.5. The summed E-state index contributed by atoms with van der Waals surface area (Å²) in [5.74, 6) is 1.02. The fourth-order valence-corrected chi connectivity index (χ4v) is 1.47. The van der Waals surface area contributed by atoms with Crippen LogP contribution in [0.2, 0.25) is 0 Å². The summed E-state index contributed by atoms with van der Waals surface area (Å²) in [5, 5.41) is 2.78. The molecule has 0 aliphatic carbocycles. The number of aromatic nitrogens is 1. The van der Waals surface area contributed by atoms with Crippen molar-refractivity contribution in [1.29, 1.82) is 0 Å². The number of ether oxygens (including phenoxy) is 1. The van der Waals surface area contributed by atoms with Crippen LogP contribution < -0.4 is 5.32 Å². The van der Waals surface area contributed by atoms with Crippen molar-refractivity contribution in [1.82, 2.24) is 4.98 Å². The van der Waals surface area contributed by atoms with Crippen LogP contribution in [0.15, 0.2) is 18.2 Å². The average Bonchev–Trinajstić information content (AvgIpc) is 2.11. The van der Waals surface area contributed by atoms with Gasteiger partial charge in [-0.25, -0.2) is 4.98 Å². The van der Waals surface area contributed by atoms with E-state index in [9.17, 15) is 4.79 Å². The summed E-state index contributed by atoms with van der Waals surface area (Å²) in [7, 11) is 0. The number of pyridine rings is 1. The van der Waals surface area contributed by atoms with E-state index in [1.807, 2.05) is 19.1 Å². The Morgan fingerprint density at radius 2 is 2.40 bits per heavy atom. The molecule has 0 bridgehead atoms. The van der Waals surface area contributed by atoms with E-state index in [2.05, 4.69) is 10.3 Å². The summed E-state index contributed by atoms with van der Waals surface area (Å²) in [6.45, 7) is 3.30. The first kappa shape index (κ1) is 10.1. The molecule has 0 saturated carbocycles. The van der Waals surface area contributed by atoms with Crippen molar-refractivity contribution >= 4 is 11.7 Å². The zero-order chi connectivity index (χ0) is 10.7. The van der Waals surface area contributed by atoms with E-state index in [-0.39, 0.29) is 5.91 Å². The number of amides is 1. The molecule has 4 nitrogen and oxygen atoms in total. The Balaban J connectivity index is 1.87. The number of aryl methyl sites for hydroxylation is 1. The summed E-state index contributed by atoms with van der Waals surface area (Å²) in [6, 6.07) is 5.57. The molecule has 0 spiro atoms. The Labute approximate surface area is 88.7 Å². The van der Waals surface area contributed by atoms with Crippen LogP contribution in [0.1, 0.15) is 12.1 Å².